The summed E-state index contributed by atoms with van der Waals surface area (Å²) in [7, 11) is 0. The van der Waals surface area contributed by atoms with Crippen molar-refractivity contribution in [3.05, 3.63) is 36.4 Å². The van der Waals surface area contributed by atoms with Gasteiger partial charge in [-0.1, -0.05) is 6.42 Å². The van der Waals surface area contributed by atoms with Gasteiger partial charge in [-0.3, -0.25) is 14.8 Å². The van der Waals surface area contributed by atoms with E-state index in [2.05, 4.69) is 41.5 Å². The summed E-state index contributed by atoms with van der Waals surface area (Å²) in [6, 6.07) is 4.62. The molecule has 1 atom stereocenters. The van der Waals surface area contributed by atoms with Crippen LogP contribution in [0.4, 0.5) is 17.3 Å². The van der Waals surface area contributed by atoms with Crippen LogP contribution in [0.1, 0.15) is 50.6 Å². The predicted octanol–water partition coefficient (Wildman–Crippen LogP) is 3.01. The third-order valence-electron chi connectivity index (χ3n) is 7.18. The maximum Gasteiger partial charge on any atom is 0.231 e. The van der Waals surface area contributed by atoms with Crippen molar-refractivity contribution in [3.8, 4) is 0 Å². The lowest BCUT2D eigenvalue weighted by atomic mass is 9.85. The minimum Gasteiger partial charge on any atom is -0.369 e. The van der Waals surface area contributed by atoms with Crippen LogP contribution in [0.5, 0.6) is 0 Å². The molecule has 8 nitrogen and oxygen atoms in total. The van der Waals surface area contributed by atoms with Gasteiger partial charge in [0.25, 0.3) is 0 Å². The van der Waals surface area contributed by atoms with E-state index in [-0.39, 0.29) is 12.3 Å². The highest BCUT2D eigenvalue weighted by Gasteiger charge is 2.23. The summed E-state index contributed by atoms with van der Waals surface area (Å²) < 4.78 is 0. The summed E-state index contributed by atoms with van der Waals surface area (Å²) in [6.45, 7) is 5.25. The number of hydrogen-bond donors (Lipinski definition) is 2. The molecule has 2 saturated heterocycles. The van der Waals surface area contributed by atoms with Crippen molar-refractivity contribution in [1.82, 2.24) is 20.3 Å². The number of carbonyl (C=O) groups is 1. The van der Waals surface area contributed by atoms with Crippen molar-refractivity contribution >= 4 is 23.2 Å². The normalized spacial score (nSPS) is 21.2. The molecule has 1 aliphatic carbocycles. The first-order valence-corrected chi connectivity index (χ1v) is 12.5. The molecule has 1 amide bonds. The second kappa shape index (κ2) is 10.5. The Balaban J connectivity index is 1.12. The van der Waals surface area contributed by atoms with Crippen molar-refractivity contribution in [3.63, 3.8) is 0 Å². The van der Waals surface area contributed by atoms with Gasteiger partial charge in [0, 0.05) is 37.9 Å². The molecule has 0 unspecified atom stereocenters. The zero-order chi connectivity index (χ0) is 22.5. The van der Waals surface area contributed by atoms with E-state index in [0.717, 1.165) is 55.8 Å². The highest BCUT2D eigenvalue weighted by Crippen LogP contribution is 2.26. The highest BCUT2D eigenvalue weighted by molar-refractivity contribution is 5.91. The Morgan fingerprint density at radius 2 is 1.82 bits per heavy atom. The summed E-state index contributed by atoms with van der Waals surface area (Å²) in [5.41, 5.74) is 1.90. The van der Waals surface area contributed by atoms with E-state index < -0.39 is 0 Å². The lowest BCUT2D eigenvalue weighted by molar-refractivity contribution is -0.115. The second-order valence-electron chi connectivity index (χ2n) is 9.68. The van der Waals surface area contributed by atoms with Gasteiger partial charge in [0.1, 0.15) is 5.82 Å². The summed E-state index contributed by atoms with van der Waals surface area (Å²) >= 11 is 0. The third-order valence-corrected chi connectivity index (χ3v) is 7.18. The SMILES string of the molecule is O=C(Cc1ccc(N2CCC[C@@H](NCC3CCC3)C2)cn1)Nc1cncc(N2CCCC2)n1. The first-order valence-electron chi connectivity index (χ1n) is 12.5. The number of pyridine rings is 1. The van der Waals surface area contributed by atoms with E-state index in [1.54, 1.807) is 12.4 Å². The number of piperidine rings is 1. The Kier molecular flexibility index (Phi) is 7.00. The number of nitrogens with zero attached hydrogens (tertiary/aromatic N) is 5. The van der Waals surface area contributed by atoms with Gasteiger partial charge < -0.3 is 20.4 Å². The molecule has 3 fully saturated rings. The molecule has 5 rings (SSSR count). The molecule has 0 aromatic carbocycles. The van der Waals surface area contributed by atoms with Gasteiger partial charge >= 0.3 is 0 Å². The molecule has 176 valence electrons. The fraction of sp³-hybridized carbons (Fsp3) is 0.600. The van der Waals surface area contributed by atoms with Crippen molar-refractivity contribution in [2.45, 2.75) is 57.4 Å². The topological polar surface area (TPSA) is 86.3 Å². The van der Waals surface area contributed by atoms with Gasteiger partial charge in [-0.15, -0.1) is 0 Å². The standard InChI is InChI=1S/C25H35N7O/c33-25(30-23-16-26-17-24(29-23)31-10-1-2-11-31)13-20-8-9-22(15-28-20)32-12-4-7-21(18-32)27-14-19-5-3-6-19/h8-9,15-17,19,21,27H,1-7,10-14,18H2,(H,29,30,33)/t21-/m1/s1. The monoisotopic (exact) mass is 449 g/mol. The fourth-order valence-corrected chi connectivity index (χ4v) is 4.98. The molecule has 0 bridgehead atoms. The third kappa shape index (κ3) is 5.79. The van der Waals surface area contributed by atoms with E-state index in [0.29, 0.717) is 11.9 Å². The Bertz CT molecular complexity index is 925. The molecule has 0 spiro atoms. The van der Waals surface area contributed by atoms with Crippen LogP contribution in [0.2, 0.25) is 0 Å². The number of amides is 1. The van der Waals surface area contributed by atoms with Crippen LogP contribution < -0.4 is 20.4 Å². The van der Waals surface area contributed by atoms with E-state index in [1.807, 2.05) is 12.3 Å². The molecule has 2 aromatic heterocycles. The number of carbonyl (C=O) groups excluding carboxylic acids is 1. The van der Waals surface area contributed by atoms with E-state index >= 15 is 0 Å². The van der Waals surface area contributed by atoms with Crippen LogP contribution in [0.25, 0.3) is 0 Å². The van der Waals surface area contributed by atoms with Crippen LogP contribution >= 0.6 is 0 Å². The summed E-state index contributed by atoms with van der Waals surface area (Å²) in [5, 5.41) is 6.65. The van der Waals surface area contributed by atoms with Crippen molar-refractivity contribution < 1.29 is 4.79 Å². The zero-order valence-corrected chi connectivity index (χ0v) is 19.4. The van der Waals surface area contributed by atoms with Gasteiger partial charge in [0.2, 0.25) is 5.91 Å². The summed E-state index contributed by atoms with van der Waals surface area (Å²) in [5.74, 6) is 2.09. The van der Waals surface area contributed by atoms with Crippen molar-refractivity contribution in [2.75, 3.05) is 47.8 Å². The molecule has 2 N–H and O–H groups in total. The number of hydrogen-bond acceptors (Lipinski definition) is 7. The predicted molar refractivity (Wildman–Crippen MR) is 131 cm³/mol. The Morgan fingerprint density at radius 1 is 0.970 bits per heavy atom. The van der Waals surface area contributed by atoms with Crippen LogP contribution in [0, 0.1) is 5.92 Å². The molecule has 0 radical (unpaired) electrons. The van der Waals surface area contributed by atoms with Gasteiger partial charge in [0.05, 0.1) is 30.7 Å². The maximum atomic E-state index is 12.5. The maximum absolute atomic E-state index is 12.5. The summed E-state index contributed by atoms with van der Waals surface area (Å²) in [4.78, 5) is 30.5. The van der Waals surface area contributed by atoms with Crippen LogP contribution in [-0.2, 0) is 11.2 Å². The number of rotatable bonds is 8. The average molecular weight is 450 g/mol. The van der Waals surface area contributed by atoms with Crippen molar-refractivity contribution in [2.24, 2.45) is 5.92 Å². The molecular formula is C25H35N7O. The minimum absolute atomic E-state index is 0.124. The molecular weight excluding hydrogens is 414 g/mol. The van der Waals surface area contributed by atoms with Gasteiger partial charge in [-0.05, 0) is 63.1 Å². The second-order valence-corrected chi connectivity index (χ2v) is 9.68. The highest BCUT2D eigenvalue weighted by atomic mass is 16.1. The quantitative estimate of drug-likeness (QED) is 0.641. The van der Waals surface area contributed by atoms with Crippen LogP contribution in [0.15, 0.2) is 30.7 Å². The first kappa shape index (κ1) is 22.1. The van der Waals surface area contributed by atoms with Crippen LogP contribution in [-0.4, -0.2) is 59.6 Å². The van der Waals surface area contributed by atoms with Gasteiger partial charge in [0.15, 0.2) is 5.82 Å². The number of nitrogens with one attached hydrogen (secondary N) is 2. The lowest BCUT2D eigenvalue weighted by Crippen LogP contribution is -2.47. The zero-order valence-electron chi connectivity index (χ0n) is 19.4. The molecule has 1 saturated carbocycles. The average Bonchev–Trinajstić information content (AvgIpc) is 3.34. The molecule has 2 aliphatic heterocycles. The van der Waals surface area contributed by atoms with Crippen LogP contribution in [0.3, 0.4) is 0 Å². The van der Waals surface area contributed by atoms with E-state index in [9.17, 15) is 4.79 Å². The van der Waals surface area contributed by atoms with E-state index in [1.165, 1.54) is 44.9 Å². The largest absolute Gasteiger partial charge is 0.369 e. The minimum atomic E-state index is -0.124. The summed E-state index contributed by atoms with van der Waals surface area (Å²) in [6.07, 6.45) is 14.5. The first-order chi connectivity index (χ1) is 16.2. The van der Waals surface area contributed by atoms with Crippen molar-refractivity contribution in [1.29, 1.82) is 0 Å². The number of aromatic nitrogens is 3. The Morgan fingerprint density at radius 3 is 2.58 bits per heavy atom. The fourth-order valence-electron chi connectivity index (χ4n) is 4.98. The molecule has 8 heteroatoms. The molecule has 2 aromatic rings. The van der Waals surface area contributed by atoms with E-state index in [4.69, 9.17) is 0 Å². The number of anilines is 3. The van der Waals surface area contributed by atoms with Gasteiger partial charge in [-0.25, -0.2) is 4.98 Å². The molecule has 4 heterocycles. The Hall–Kier alpha value is -2.74. The lowest BCUT2D eigenvalue weighted by Gasteiger charge is -2.36. The smallest absolute Gasteiger partial charge is 0.231 e. The Labute approximate surface area is 196 Å². The van der Waals surface area contributed by atoms with Gasteiger partial charge in [-0.2, -0.15) is 0 Å². The molecule has 33 heavy (non-hydrogen) atoms. The molecule has 3 aliphatic rings.